The highest BCUT2D eigenvalue weighted by Gasteiger charge is 2.31. The molecule has 3 rings (SSSR count). The lowest BCUT2D eigenvalue weighted by Crippen LogP contribution is -2.22. The molecule has 0 aliphatic carbocycles. The molecule has 0 radical (unpaired) electrons. The molecule has 0 amide bonds. The summed E-state index contributed by atoms with van der Waals surface area (Å²) >= 11 is 6.21. The molecule has 1 aromatic carbocycles. The molecule has 1 aliphatic rings. The zero-order valence-corrected chi connectivity index (χ0v) is 11.5. The van der Waals surface area contributed by atoms with Gasteiger partial charge >= 0.3 is 6.18 Å². The fourth-order valence-electron chi connectivity index (χ4n) is 2.25. The summed E-state index contributed by atoms with van der Waals surface area (Å²) in [4.78, 5) is 5.71. The first-order valence-corrected chi connectivity index (χ1v) is 6.60. The fourth-order valence-corrected chi connectivity index (χ4v) is 2.53. The molecule has 0 fully saturated rings. The first kappa shape index (κ1) is 13.9. The Morgan fingerprint density at radius 2 is 1.95 bits per heavy atom. The number of hydrogen-bond donors (Lipinski definition) is 0. The van der Waals surface area contributed by atoms with Crippen LogP contribution >= 0.6 is 11.6 Å². The van der Waals surface area contributed by atoms with Gasteiger partial charge in [0.2, 0.25) is 0 Å². The van der Waals surface area contributed by atoms with Crippen molar-refractivity contribution in [3.05, 3.63) is 58.8 Å². The largest absolute Gasteiger partial charge is 0.417 e. The average molecular weight is 311 g/mol. The van der Waals surface area contributed by atoms with E-state index in [-0.39, 0.29) is 0 Å². The second-order valence-corrected chi connectivity index (χ2v) is 5.00. The number of alkyl halides is 3. The number of pyridine rings is 1. The molecule has 0 atom stereocenters. The molecule has 0 bridgehead atoms. The van der Waals surface area contributed by atoms with Crippen LogP contribution in [0.25, 0.3) is 6.08 Å². The maximum Gasteiger partial charge on any atom is 0.417 e. The quantitative estimate of drug-likeness (QED) is 0.743. The third-order valence-corrected chi connectivity index (χ3v) is 3.53. The highest BCUT2D eigenvalue weighted by Crippen LogP contribution is 2.38. The lowest BCUT2D eigenvalue weighted by Gasteiger charge is -2.28. The van der Waals surface area contributed by atoms with Crippen LogP contribution in [0, 0.1) is 0 Å². The summed E-state index contributed by atoms with van der Waals surface area (Å²) in [5, 5.41) is 0.540. The average Bonchev–Trinajstić information content (AvgIpc) is 2.46. The zero-order chi connectivity index (χ0) is 15.0. The molecule has 1 aromatic heterocycles. The van der Waals surface area contributed by atoms with Crippen molar-refractivity contribution in [1.29, 1.82) is 0 Å². The number of aromatic nitrogens is 1. The van der Waals surface area contributed by atoms with Gasteiger partial charge in [0.25, 0.3) is 0 Å². The summed E-state index contributed by atoms with van der Waals surface area (Å²) < 4.78 is 37.7. The molecule has 2 nitrogen and oxygen atoms in total. The Labute approximate surface area is 124 Å². The van der Waals surface area contributed by atoms with Gasteiger partial charge in [-0.25, -0.2) is 4.98 Å². The van der Waals surface area contributed by atoms with Crippen LogP contribution in [0.15, 0.2) is 42.6 Å². The first-order chi connectivity index (χ1) is 9.97. The van der Waals surface area contributed by atoms with Crippen molar-refractivity contribution in [3.63, 3.8) is 0 Å². The highest BCUT2D eigenvalue weighted by molar-refractivity contribution is 6.33. The molecule has 0 spiro atoms. The topological polar surface area (TPSA) is 16.1 Å². The second kappa shape index (κ2) is 5.07. The molecule has 2 heterocycles. The lowest BCUT2D eigenvalue weighted by atomic mass is 10.1. The van der Waals surface area contributed by atoms with Gasteiger partial charge in [0.1, 0.15) is 5.82 Å². The van der Waals surface area contributed by atoms with E-state index in [4.69, 9.17) is 11.6 Å². The van der Waals surface area contributed by atoms with Crippen LogP contribution in [0.3, 0.4) is 0 Å². The maximum absolute atomic E-state index is 12.6. The van der Waals surface area contributed by atoms with Gasteiger partial charge in [-0.2, -0.15) is 13.2 Å². The zero-order valence-electron chi connectivity index (χ0n) is 10.7. The number of benzene rings is 1. The summed E-state index contributed by atoms with van der Waals surface area (Å²) in [6, 6.07) is 7.85. The predicted octanol–water partition coefficient (Wildman–Crippen LogP) is 4.92. The number of para-hydroxylation sites is 1. The number of nitrogens with zero attached hydrogens (tertiary/aromatic N) is 2. The van der Waals surface area contributed by atoms with Gasteiger partial charge in [-0.05, 0) is 23.8 Å². The molecular weight excluding hydrogens is 301 g/mol. The van der Waals surface area contributed by atoms with Crippen LogP contribution in [-0.2, 0) is 6.18 Å². The van der Waals surface area contributed by atoms with E-state index in [0.717, 1.165) is 23.5 Å². The van der Waals surface area contributed by atoms with Crippen LogP contribution < -0.4 is 4.90 Å². The van der Waals surface area contributed by atoms with Crippen LogP contribution in [-0.4, -0.2) is 11.5 Å². The summed E-state index contributed by atoms with van der Waals surface area (Å²) in [6.07, 6.45) is 0.298. The molecule has 0 saturated carbocycles. The van der Waals surface area contributed by atoms with Gasteiger partial charge in [-0.15, -0.1) is 0 Å². The Kier molecular flexibility index (Phi) is 3.37. The minimum atomic E-state index is -4.39. The predicted molar refractivity (Wildman–Crippen MR) is 76.7 cm³/mol. The van der Waals surface area contributed by atoms with Crippen molar-refractivity contribution in [2.45, 2.75) is 6.18 Å². The molecule has 2 aromatic rings. The van der Waals surface area contributed by atoms with Crippen molar-refractivity contribution in [2.75, 3.05) is 11.4 Å². The van der Waals surface area contributed by atoms with E-state index in [1.165, 1.54) is 6.07 Å². The van der Waals surface area contributed by atoms with Gasteiger partial charge in [0.15, 0.2) is 0 Å². The van der Waals surface area contributed by atoms with Crippen LogP contribution in [0.4, 0.5) is 24.7 Å². The van der Waals surface area contributed by atoms with E-state index in [1.807, 2.05) is 24.3 Å². The smallest absolute Gasteiger partial charge is 0.321 e. The second-order valence-electron chi connectivity index (χ2n) is 4.59. The van der Waals surface area contributed by atoms with Crippen molar-refractivity contribution < 1.29 is 13.2 Å². The van der Waals surface area contributed by atoms with Gasteiger partial charge < -0.3 is 4.90 Å². The van der Waals surface area contributed by atoms with Gasteiger partial charge in [0, 0.05) is 12.7 Å². The van der Waals surface area contributed by atoms with Gasteiger partial charge in [-0.3, -0.25) is 0 Å². The Hall–Kier alpha value is -2.01. The Balaban J connectivity index is 2.01. The summed E-state index contributed by atoms with van der Waals surface area (Å²) in [5.74, 6) is 0.432. The fraction of sp³-hybridized carbons (Fsp3) is 0.133. The lowest BCUT2D eigenvalue weighted by molar-refractivity contribution is -0.137. The first-order valence-electron chi connectivity index (χ1n) is 6.22. The van der Waals surface area contributed by atoms with Crippen molar-refractivity contribution in [3.8, 4) is 0 Å². The molecule has 6 heteroatoms. The van der Waals surface area contributed by atoms with E-state index < -0.39 is 11.7 Å². The molecule has 1 aliphatic heterocycles. The van der Waals surface area contributed by atoms with E-state index in [0.29, 0.717) is 17.4 Å². The van der Waals surface area contributed by atoms with Crippen LogP contribution in [0.5, 0.6) is 0 Å². The number of rotatable bonds is 1. The normalized spacial score (nSPS) is 14.2. The van der Waals surface area contributed by atoms with Gasteiger partial charge in [0.05, 0.1) is 16.3 Å². The molecule has 0 unspecified atom stereocenters. The van der Waals surface area contributed by atoms with E-state index >= 15 is 0 Å². The Bertz CT molecular complexity index is 693. The molecular formula is C15H10ClF3N2. The minimum absolute atomic E-state index is 0.432. The number of anilines is 2. The van der Waals surface area contributed by atoms with Crippen molar-refractivity contribution >= 4 is 29.2 Å². The maximum atomic E-state index is 12.6. The SMILES string of the molecule is FC(F)(F)c1ccc(N2CC=Cc3cccc(Cl)c32)nc1. The highest BCUT2D eigenvalue weighted by atomic mass is 35.5. The summed E-state index contributed by atoms with van der Waals surface area (Å²) in [6.45, 7) is 0.509. The molecule has 0 saturated heterocycles. The molecule has 21 heavy (non-hydrogen) atoms. The summed E-state index contributed by atoms with van der Waals surface area (Å²) in [5.41, 5.74) is 0.905. The monoisotopic (exact) mass is 310 g/mol. The number of halogens is 4. The van der Waals surface area contributed by atoms with Gasteiger partial charge in [-0.1, -0.05) is 35.9 Å². The summed E-state index contributed by atoms with van der Waals surface area (Å²) in [7, 11) is 0. The van der Waals surface area contributed by atoms with Crippen molar-refractivity contribution in [2.24, 2.45) is 0 Å². The third kappa shape index (κ3) is 2.61. The van der Waals surface area contributed by atoms with E-state index in [9.17, 15) is 13.2 Å². The third-order valence-electron chi connectivity index (χ3n) is 3.23. The molecule has 108 valence electrons. The van der Waals surface area contributed by atoms with E-state index in [2.05, 4.69) is 4.98 Å². The molecule has 0 N–H and O–H groups in total. The van der Waals surface area contributed by atoms with E-state index in [1.54, 1.807) is 11.0 Å². The van der Waals surface area contributed by atoms with Crippen LogP contribution in [0.2, 0.25) is 5.02 Å². The van der Waals surface area contributed by atoms with Crippen molar-refractivity contribution in [1.82, 2.24) is 4.98 Å². The number of hydrogen-bond acceptors (Lipinski definition) is 2. The van der Waals surface area contributed by atoms with Crippen LogP contribution in [0.1, 0.15) is 11.1 Å². The standard InChI is InChI=1S/C15H10ClF3N2/c16-12-5-1-3-10-4-2-8-21(14(10)12)13-7-6-11(9-20-13)15(17,18)19/h1-7,9H,8H2. The Morgan fingerprint density at radius 1 is 1.14 bits per heavy atom. The number of fused-ring (bicyclic) bond motifs is 1. The Morgan fingerprint density at radius 3 is 2.62 bits per heavy atom. The minimum Gasteiger partial charge on any atom is -0.321 e.